The van der Waals surface area contributed by atoms with E-state index < -0.39 is 5.82 Å². The number of hydrogen-bond acceptors (Lipinski definition) is 1. The molecule has 1 aromatic carbocycles. The van der Waals surface area contributed by atoms with Gasteiger partial charge < -0.3 is 4.90 Å². The molecule has 0 radical (unpaired) electrons. The lowest BCUT2D eigenvalue weighted by atomic mass is 10.2. The predicted molar refractivity (Wildman–Crippen MR) is 66.4 cm³/mol. The molecule has 0 heterocycles. The van der Waals surface area contributed by atoms with Gasteiger partial charge in [0.2, 0.25) is 0 Å². The monoisotopic (exact) mass is 253 g/mol. The second kappa shape index (κ2) is 6.27. The molecule has 1 rings (SSSR count). The smallest absolute Gasteiger partial charge is 0.254 e. The molecule has 0 bridgehead atoms. The zero-order valence-corrected chi connectivity index (χ0v) is 10.3. The minimum atomic E-state index is -0.602. The second-order valence-corrected chi connectivity index (χ2v) is 3.97. The van der Waals surface area contributed by atoms with Gasteiger partial charge in [-0.25, -0.2) is 4.39 Å². The topological polar surface area (TPSA) is 20.3 Å². The van der Waals surface area contributed by atoms with Gasteiger partial charge in [-0.05, 0) is 24.6 Å². The summed E-state index contributed by atoms with van der Waals surface area (Å²) in [4.78, 5) is 13.5. The first kappa shape index (κ1) is 13.5. The summed E-state index contributed by atoms with van der Waals surface area (Å²) in [5.41, 5.74) is 0.260. The van der Waals surface area contributed by atoms with E-state index in [4.69, 9.17) is 18.0 Å². The van der Waals surface area contributed by atoms with E-state index in [1.807, 2.05) is 6.92 Å². The molecule has 0 saturated heterocycles. The van der Waals surface area contributed by atoms with E-state index in [1.165, 1.54) is 17.0 Å². The molecule has 0 unspecified atom stereocenters. The Morgan fingerprint density at radius 1 is 1.59 bits per heavy atom. The highest BCUT2D eigenvalue weighted by Crippen LogP contribution is 2.16. The third-order valence-electron chi connectivity index (χ3n) is 2.23. The number of terminal acetylenes is 1. The third-order valence-corrected chi connectivity index (χ3v) is 2.54. The van der Waals surface area contributed by atoms with Crippen LogP contribution in [0.5, 0.6) is 0 Å². The molecule has 0 aliphatic rings. The molecule has 4 heteroatoms. The quantitative estimate of drug-likeness (QED) is 0.756. The van der Waals surface area contributed by atoms with Gasteiger partial charge in [0.1, 0.15) is 5.82 Å². The first-order valence-corrected chi connectivity index (χ1v) is 5.65. The summed E-state index contributed by atoms with van der Waals surface area (Å²) in [6, 6.07) is 3.99. The molecule has 0 saturated carbocycles. The summed E-state index contributed by atoms with van der Waals surface area (Å²) in [7, 11) is 0. The van der Waals surface area contributed by atoms with Crippen LogP contribution >= 0.6 is 11.6 Å². The molecule has 0 spiro atoms. The highest BCUT2D eigenvalue weighted by Gasteiger charge is 2.15. The molecule has 17 heavy (non-hydrogen) atoms. The fourth-order valence-electron chi connectivity index (χ4n) is 1.44. The number of amides is 1. The van der Waals surface area contributed by atoms with Gasteiger partial charge in [-0.2, -0.15) is 0 Å². The van der Waals surface area contributed by atoms with Crippen molar-refractivity contribution in [3.63, 3.8) is 0 Å². The maximum absolute atomic E-state index is 13.2. The minimum Gasteiger partial charge on any atom is -0.328 e. The number of carbonyl (C=O) groups excluding carboxylic acids is 1. The number of halogens is 2. The van der Waals surface area contributed by atoms with E-state index in [0.29, 0.717) is 6.54 Å². The standard InChI is InChI=1S/C13H13ClFNO/c1-3-7-16(8-4-2)13(17)10-5-6-11(14)12(15)9-10/h1,5-6,9H,4,7-8H2,2H3. The van der Waals surface area contributed by atoms with Crippen LogP contribution in [0.25, 0.3) is 0 Å². The Morgan fingerprint density at radius 3 is 2.82 bits per heavy atom. The minimum absolute atomic E-state index is 0.000501. The highest BCUT2D eigenvalue weighted by atomic mass is 35.5. The van der Waals surface area contributed by atoms with Crippen LogP contribution in [0.15, 0.2) is 18.2 Å². The van der Waals surface area contributed by atoms with Crippen molar-refractivity contribution < 1.29 is 9.18 Å². The van der Waals surface area contributed by atoms with E-state index in [-0.39, 0.29) is 23.0 Å². The molecule has 1 aromatic rings. The van der Waals surface area contributed by atoms with Crippen LogP contribution in [-0.4, -0.2) is 23.9 Å². The van der Waals surface area contributed by atoms with Gasteiger partial charge in [0.15, 0.2) is 0 Å². The molecular weight excluding hydrogens is 241 g/mol. The largest absolute Gasteiger partial charge is 0.328 e. The van der Waals surface area contributed by atoms with E-state index in [1.54, 1.807) is 0 Å². The van der Waals surface area contributed by atoms with Crippen LogP contribution in [0.1, 0.15) is 23.7 Å². The number of hydrogen-bond donors (Lipinski definition) is 0. The SMILES string of the molecule is C#CCN(CCC)C(=O)c1ccc(Cl)c(F)c1. The molecule has 0 fully saturated rings. The summed E-state index contributed by atoms with van der Waals surface area (Å²) < 4.78 is 13.2. The third kappa shape index (κ3) is 3.47. The van der Waals surface area contributed by atoms with Crippen LogP contribution in [-0.2, 0) is 0 Å². The maximum Gasteiger partial charge on any atom is 0.254 e. The number of carbonyl (C=O) groups is 1. The van der Waals surface area contributed by atoms with Crippen molar-refractivity contribution in [2.45, 2.75) is 13.3 Å². The van der Waals surface area contributed by atoms with Gasteiger partial charge >= 0.3 is 0 Å². The number of rotatable bonds is 4. The lowest BCUT2D eigenvalue weighted by Crippen LogP contribution is -2.32. The fraction of sp³-hybridized carbons (Fsp3) is 0.308. The van der Waals surface area contributed by atoms with Crippen LogP contribution in [0, 0.1) is 18.2 Å². The normalized spacial score (nSPS) is 9.76. The maximum atomic E-state index is 13.2. The predicted octanol–water partition coefficient (Wildman–Crippen LogP) is 2.96. The van der Waals surface area contributed by atoms with Gasteiger partial charge in [0, 0.05) is 12.1 Å². The van der Waals surface area contributed by atoms with E-state index >= 15 is 0 Å². The zero-order chi connectivity index (χ0) is 12.8. The Balaban J connectivity index is 2.93. The van der Waals surface area contributed by atoms with Crippen molar-refractivity contribution in [1.82, 2.24) is 4.90 Å². The van der Waals surface area contributed by atoms with Crippen LogP contribution in [0.3, 0.4) is 0 Å². The lowest BCUT2D eigenvalue weighted by Gasteiger charge is -2.19. The van der Waals surface area contributed by atoms with E-state index in [2.05, 4.69) is 5.92 Å². The van der Waals surface area contributed by atoms with Crippen molar-refractivity contribution in [1.29, 1.82) is 0 Å². The first-order valence-electron chi connectivity index (χ1n) is 5.28. The van der Waals surface area contributed by atoms with Crippen LogP contribution < -0.4 is 0 Å². The second-order valence-electron chi connectivity index (χ2n) is 3.56. The van der Waals surface area contributed by atoms with Crippen LogP contribution in [0.4, 0.5) is 4.39 Å². The average Bonchev–Trinajstić information content (AvgIpc) is 2.31. The van der Waals surface area contributed by atoms with Crippen LogP contribution in [0.2, 0.25) is 5.02 Å². The van der Waals surface area contributed by atoms with Gasteiger partial charge in [0.05, 0.1) is 11.6 Å². The Kier molecular flexibility index (Phi) is 4.99. The van der Waals surface area contributed by atoms with Crippen molar-refractivity contribution in [2.75, 3.05) is 13.1 Å². The molecular formula is C13H13ClFNO. The molecule has 0 aliphatic carbocycles. The summed E-state index contributed by atoms with van der Waals surface area (Å²) in [5, 5.41) is 0.000501. The van der Waals surface area contributed by atoms with Crippen molar-refractivity contribution in [2.24, 2.45) is 0 Å². The average molecular weight is 254 g/mol. The van der Waals surface area contributed by atoms with E-state index in [9.17, 15) is 9.18 Å². The van der Waals surface area contributed by atoms with Crippen molar-refractivity contribution >= 4 is 17.5 Å². The van der Waals surface area contributed by atoms with Gasteiger partial charge in [0.25, 0.3) is 5.91 Å². The molecule has 0 atom stereocenters. The summed E-state index contributed by atoms with van der Waals surface area (Å²) >= 11 is 5.55. The zero-order valence-electron chi connectivity index (χ0n) is 9.54. The molecule has 0 N–H and O–H groups in total. The summed E-state index contributed by atoms with van der Waals surface area (Å²) in [6.45, 7) is 2.71. The van der Waals surface area contributed by atoms with Gasteiger partial charge in [-0.1, -0.05) is 24.4 Å². The summed E-state index contributed by atoms with van der Waals surface area (Å²) in [5.74, 6) is 1.53. The first-order chi connectivity index (χ1) is 8.10. The Morgan fingerprint density at radius 2 is 2.29 bits per heavy atom. The van der Waals surface area contributed by atoms with Crippen molar-refractivity contribution in [3.05, 3.63) is 34.6 Å². The highest BCUT2D eigenvalue weighted by molar-refractivity contribution is 6.30. The molecule has 1 amide bonds. The Hall–Kier alpha value is -1.53. The van der Waals surface area contributed by atoms with Gasteiger partial charge in [-0.3, -0.25) is 4.79 Å². The molecule has 90 valence electrons. The molecule has 0 aliphatic heterocycles. The Labute approximate surface area is 105 Å². The number of benzene rings is 1. The lowest BCUT2D eigenvalue weighted by molar-refractivity contribution is 0.0776. The molecule has 0 aromatic heterocycles. The summed E-state index contributed by atoms with van der Waals surface area (Å²) in [6.07, 6.45) is 5.99. The fourth-order valence-corrected chi connectivity index (χ4v) is 1.56. The number of nitrogens with zero attached hydrogens (tertiary/aromatic N) is 1. The van der Waals surface area contributed by atoms with E-state index in [0.717, 1.165) is 12.5 Å². The molecule has 2 nitrogen and oxygen atoms in total. The van der Waals surface area contributed by atoms with Crippen molar-refractivity contribution in [3.8, 4) is 12.3 Å². The Bertz CT molecular complexity index is 453. The van der Waals surface area contributed by atoms with Gasteiger partial charge in [-0.15, -0.1) is 6.42 Å².